The third-order valence-corrected chi connectivity index (χ3v) is 8.11. The number of nitrogens with zero attached hydrogens (tertiary/aromatic N) is 4. The molecule has 0 radical (unpaired) electrons. The van der Waals surface area contributed by atoms with Gasteiger partial charge in [0.1, 0.15) is 5.65 Å². The van der Waals surface area contributed by atoms with Crippen molar-refractivity contribution in [3.8, 4) is 22.4 Å². The summed E-state index contributed by atoms with van der Waals surface area (Å²) >= 11 is 1.40. The van der Waals surface area contributed by atoms with Gasteiger partial charge in [0.15, 0.2) is 5.13 Å². The molecule has 1 unspecified atom stereocenters. The summed E-state index contributed by atoms with van der Waals surface area (Å²) in [5, 5.41) is 13.0. The van der Waals surface area contributed by atoms with Crippen molar-refractivity contribution >= 4 is 39.4 Å². The van der Waals surface area contributed by atoms with Crippen molar-refractivity contribution < 1.29 is 14.7 Å². The standard InChI is InChI=1S/C28H30N4O3S/c1-31-12-11-19-14-21(16-29-26(19)31)22-9-5-6-10-23(22)24-17-36-28(30-24)32(2)27(35)20(15-25(33)34)13-18-7-3-4-8-18/h5-6,9-12,14,16-18,20H,3-4,7-8,13,15H2,1-2H3,(H,33,34). The van der Waals surface area contributed by atoms with Gasteiger partial charge in [-0.15, -0.1) is 11.3 Å². The van der Waals surface area contributed by atoms with E-state index >= 15 is 0 Å². The number of thiazole rings is 1. The van der Waals surface area contributed by atoms with Crippen molar-refractivity contribution in [2.24, 2.45) is 18.9 Å². The zero-order valence-corrected chi connectivity index (χ0v) is 21.4. The Hall–Kier alpha value is -3.52. The number of aliphatic carboxylic acids is 1. The molecule has 0 aliphatic heterocycles. The molecular formula is C28H30N4O3S. The number of anilines is 1. The van der Waals surface area contributed by atoms with Gasteiger partial charge >= 0.3 is 5.97 Å². The number of carboxylic acid groups (broad SMARTS) is 1. The van der Waals surface area contributed by atoms with Gasteiger partial charge in [-0.05, 0) is 30.0 Å². The largest absolute Gasteiger partial charge is 0.481 e. The summed E-state index contributed by atoms with van der Waals surface area (Å²) in [6.07, 6.45) is 8.85. The molecule has 0 spiro atoms. The number of carboxylic acids is 1. The zero-order chi connectivity index (χ0) is 25.2. The third-order valence-electron chi connectivity index (χ3n) is 7.19. The molecule has 1 aliphatic rings. The van der Waals surface area contributed by atoms with E-state index in [1.807, 2.05) is 47.6 Å². The molecule has 1 saturated carbocycles. The average Bonchev–Trinajstić information content (AvgIpc) is 3.64. The number of amides is 1. The molecule has 1 amide bonds. The van der Waals surface area contributed by atoms with Crippen molar-refractivity contribution in [3.63, 3.8) is 0 Å². The summed E-state index contributed by atoms with van der Waals surface area (Å²) < 4.78 is 1.99. The van der Waals surface area contributed by atoms with E-state index in [0.29, 0.717) is 17.5 Å². The highest BCUT2D eigenvalue weighted by Gasteiger charge is 2.30. The number of fused-ring (bicyclic) bond motifs is 1. The summed E-state index contributed by atoms with van der Waals surface area (Å²) in [5.41, 5.74) is 4.70. The maximum absolute atomic E-state index is 13.3. The van der Waals surface area contributed by atoms with Gasteiger partial charge in [-0.25, -0.2) is 9.97 Å². The van der Waals surface area contributed by atoms with Crippen molar-refractivity contribution in [1.82, 2.24) is 14.5 Å². The van der Waals surface area contributed by atoms with Gasteiger partial charge in [0.25, 0.3) is 0 Å². The molecule has 186 valence electrons. The Morgan fingerprint density at radius 1 is 1.19 bits per heavy atom. The minimum Gasteiger partial charge on any atom is -0.481 e. The fraction of sp³-hybridized carbons (Fsp3) is 0.357. The van der Waals surface area contributed by atoms with E-state index in [-0.39, 0.29) is 12.3 Å². The van der Waals surface area contributed by atoms with Crippen LogP contribution in [0, 0.1) is 11.8 Å². The Labute approximate surface area is 214 Å². The normalized spacial score (nSPS) is 14.8. The van der Waals surface area contributed by atoms with Gasteiger partial charge < -0.3 is 9.67 Å². The van der Waals surface area contributed by atoms with Crippen LogP contribution in [0.1, 0.15) is 38.5 Å². The predicted molar refractivity (Wildman–Crippen MR) is 143 cm³/mol. The number of carbonyl (C=O) groups excluding carboxylic acids is 1. The van der Waals surface area contributed by atoms with Crippen LogP contribution in [-0.2, 0) is 16.6 Å². The van der Waals surface area contributed by atoms with Crippen LogP contribution in [0.4, 0.5) is 5.13 Å². The monoisotopic (exact) mass is 502 g/mol. The second kappa shape index (κ2) is 10.2. The molecule has 0 bridgehead atoms. The first-order chi connectivity index (χ1) is 17.4. The molecule has 1 aliphatic carbocycles. The smallest absolute Gasteiger partial charge is 0.304 e. The van der Waals surface area contributed by atoms with E-state index in [0.717, 1.165) is 59.1 Å². The Morgan fingerprint density at radius 3 is 2.69 bits per heavy atom. The lowest BCUT2D eigenvalue weighted by atomic mass is 9.90. The maximum atomic E-state index is 13.3. The predicted octanol–water partition coefficient (Wildman–Crippen LogP) is 6.00. The topological polar surface area (TPSA) is 88.3 Å². The first kappa shape index (κ1) is 24.2. The highest BCUT2D eigenvalue weighted by Crippen LogP contribution is 2.36. The van der Waals surface area contributed by atoms with E-state index in [1.165, 1.54) is 16.2 Å². The number of benzene rings is 1. The van der Waals surface area contributed by atoms with Crippen LogP contribution >= 0.6 is 11.3 Å². The lowest BCUT2D eigenvalue weighted by Gasteiger charge is -2.23. The quantitative estimate of drug-likeness (QED) is 0.319. The Bertz CT molecular complexity index is 1400. The van der Waals surface area contributed by atoms with Crippen molar-refractivity contribution in [3.05, 3.63) is 54.2 Å². The molecule has 1 fully saturated rings. The fourth-order valence-corrected chi connectivity index (χ4v) is 6.10. The van der Waals surface area contributed by atoms with Crippen LogP contribution in [-0.4, -0.2) is 38.6 Å². The van der Waals surface area contributed by atoms with Crippen molar-refractivity contribution in [2.75, 3.05) is 11.9 Å². The van der Waals surface area contributed by atoms with Gasteiger partial charge in [-0.1, -0.05) is 49.9 Å². The Balaban J connectivity index is 1.41. The summed E-state index contributed by atoms with van der Waals surface area (Å²) in [6, 6.07) is 12.2. The molecule has 3 heterocycles. The van der Waals surface area contributed by atoms with Gasteiger partial charge in [-0.2, -0.15) is 0 Å². The first-order valence-electron chi connectivity index (χ1n) is 12.4. The third kappa shape index (κ3) is 4.91. The van der Waals surface area contributed by atoms with E-state index in [2.05, 4.69) is 23.2 Å². The summed E-state index contributed by atoms with van der Waals surface area (Å²) in [7, 11) is 3.68. The number of carbonyl (C=O) groups is 2. The van der Waals surface area contributed by atoms with Crippen molar-refractivity contribution in [1.29, 1.82) is 0 Å². The SMILES string of the molecule is CN(C(=O)C(CC(=O)O)CC1CCCC1)c1nc(-c2ccccc2-c2cnc3c(ccn3C)c2)cs1. The molecule has 1 N–H and O–H groups in total. The highest BCUT2D eigenvalue weighted by atomic mass is 32.1. The number of hydrogen-bond donors (Lipinski definition) is 1. The second-order valence-corrected chi connectivity index (χ2v) is 10.5. The van der Waals surface area contributed by atoms with Crippen LogP contribution in [0.5, 0.6) is 0 Å². The molecule has 0 saturated heterocycles. The molecular weight excluding hydrogens is 472 g/mol. The van der Waals surface area contributed by atoms with E-state index in [4.69, 9.17) is 4.98 Å². The van der Waals surface area contributed by atoms with Gasteiger partial charge in [0, 0.05) is 54.3 Å². The number of pyridine rings is 1. The lowest BCUT2D eigenvalue weighted by molar-refractivity contribution is -0.140. The van der Waals surface area contributed by atoms with E-state index < -0.39 is 11.9 Å². The van der Waals surface area contributed by atoms with Crippen LogP contribution in [0.25, 0.3) is 33.4 Å². The van der Waals surface area contributed by atoms with Crippen LogP contribution < -0.4 is 4.90 Å². The minimum atomic E-state index is -0.933. The first-order valence-corrected chi connectivity index (χ1v) is 13.2. The van der Waals surface area contributed by atoms with Gasteiger partial charge in [0.05, 0.1) is 12.1 Å². The summed E-state index contributed by atoms with van der Waals surface area (Å²) in [5.74, 6) is -1.20. The average molecular weight is 503 g/mol. The molecule has 1 aromatic carbocycles. The molecule has 7 nitrogen and oxygen atoms in total. The van der Waals surface area contributed by atoms with Crippen LogP contribution in [0.3, 0.4) is 0 Å². The molecule has 8 heteroatoms. The fourth-order valence-electron chi connectivity index (χ4n) is 5.30. The number of hydrogen-bond acceptors (Lipinski definition) is 5. The number of rotatable bonds is 8. The molecule has 5 rings (SSSR count). The van der Waals surface area contributed by atoms with E-state index in [9.17, 15) is 14.7 Å². The summed E-state index contributed by atoms with van der Waals surface area (Å²) in [4.78, 5) is 35.8. The molecule has 36 heavy (non-hydrogen) atoms. The Kier molecular flexibility index (Phi) is 6.87. The molecule has 3 aromatic heterocycles. The molecule has 1 atom stereocenters. The maximum Gasteiger partial charge on any atom is 0.304 e. The van der Waals surface area contributed by atoms with Gasteiger partial charge in [-0.3, -0.25) is 14.5 Å². The summed E-state index contributed by atoms with van der Waals surface area (Å²) in [6.45, 7) is 0. The zero-order valence-electron chi connectivity index (χ0n) is 20.6. The second-order valence-electron chi connectivity index (χ2n) is 9.70. The minimum absolute atomic E-state index is 0.143. The highest BCUT2D eigenvalue weighted by molar-refractivity contribution is 7.14. The van der Waals surface area contributed by atoms with Crippen molar-refractivity contribution in [2.45, 2.75) is 38.5 Å². The number of aryl methyl sites for hydroxylation is 1. The lowest BCUT2D eigenvalue weighted by Crippen LogP contribution is -2.35. The van der Waals surface area contributed by atoms with E-state index in [1.54, 1.807) is 7.05 Å². The van der Waals surface area contributed by atoms with Crippen LogP contribution in [0.2, 0.25) is 0 Å². The molecule has 4 aromatic rings. The Morgan fingerprint density at radius 2 is 1.94 bits per heavy atom. The number of aromatic nitrogens is 3. The van der Waals surface area contributed by atoms with Crippen LogP contribution in [0.15, 0.2) is 54.2 Å². The van der Waals surface area contributed by atoms with Gasteiger partial charge in [0.2, 0.25) is 5.91 Å².